The normalized spacial score (nSPS) is 11.8. The Morgan fingerprint density at radius 3 is 2.64 bits per heavy atom. The molecule has 3 N–H and O–H groups in total. The summed E-state index contributed by atoms with van der Waals surface area (Å²) in [7, 11) is 0. The van der Waals surface area contributed by atoms with Gasteiger partial charge in [-0.05, 0) is 17.7 Å². The first-order valence-corrected chi connectivity index (χ1v) is 6.40. The Kier molecular flexibility index (Phi) is 3.13. The molecule has 3 rings (SSSR count). The first-order chi connectivity index (χ1) is 10.6. The second kappa shape index (κ2) is 4.99. The van der Waals surface area contributed by atoms with Crippen molar-refractivity contribution < 1.29 is 9.47 Å². The van der Waals surface area contributed by atoms with Crippen molar-refractivity contribution in [2.75, 3.05) is 12.5 Å². The zero-order valence-corrected chi connectivity index (χ0v) is 11.7. The summed E-state index contributed by atoms with van der Waals surface area (Å²) < 4.78 is 10.5. The number of hydrogen-bond donors (Lipinski definition) is 2. The molecule has 7 nitrogen and oxygen atoms in total. The minimum atomic E-state index is -0.678. The molecule has 1 aromatic carbocycles. The van der Waals surface area contributed by atoms with E-state index in [-0.39, 0.29) is 34.3 Å². The summed E-state index contributed by atoms with van der Waals surface area (Å²) in [5.41, 5.74) is 5.25. The van der Waals surface area contributed by atoms with Gasteiger partial charge in [0.2, 0.25) is 6.79 Å². The van der Waals surface area contributed by atoms with Gasteiger partial charge in [0.25, 0.3) is 5.56 Å². The maximum absolute atomic E-state index is 11.9. The molecule has 22 heavy (non-hydrogen) atoms. The third kappa shape index (κ3) is 1.93. The Bertz CT molecular complexity index is 937. The van der Waals surface area contributed by atoms with Crippen LogP contribution in [0.15, 0.2) is 16.9 Å². The lowest BCUT2D eigenvalue weighted by Crippen LogP contribution is -2.16. The average molecular weight is 315 g/mol. The third-order valence-electron chi connectivity index (χ3n) is 3.18. The van der Waals surface area contributed by atoms with Crippen LogP contribution in [0.5, 0.6) is 11.5 Å². The number of aromatic amines is 1. The molecule has 0 saturated carbocycles. The van der Waals surface area contributed by atoms with Crippen LogP contribution in [0.1, 0.15) is 11.1 Å². The topological polar surface area (TPSA) is 125 Å². The van der Waals surface area contributed by atoms with Gasteiger partial charge in [0.15, 0.2) is 11.5 Å². The predicted octanol–water partition coefficient (Wildman–Crippen LogP) is 1.75. The number of halogens is 1. The van der Waals surface area contributed by atoms with Gasteiger partial charge in [0, 0.05) is 5.56 Å². The smallest absolute Gasteiger partial charge is 0.268 e. The number of fused-ring (bicyclic) bond motifs is 1. The first kappa shape index (κ1) is 13.8. The van der Waals surface area contributed by atoms with Gasteiger partial charge in [-0.25, -0.2) is 0 Å². The van der Waals surface area contributed by atoms with Crippen LogP contribution in [0.25, 0.3) is 11.1 Å². The summed E-state index contributed by atoms with van der Waals surface area (Å²) in [6.07, 6.45) is 0. The highest BCUT2D eigenvalue weighted by Gasteiger charge is 2.23. The summed E-state index contributed by atoms with van der Waals surface area (Å²) in [5.74, 6) is 0.629. The minimum absolute atomic E-state index is 0.00826. The number of nitrogen functional groups attached to an aromatic ring is 1. The fraction of sp³-hybridized carbons (Fsp3) is 0.0714. The van der Waals surface area contributed by atoms with Crippen molar-refractivity contribution >= 4 is 17.4 Å². The Labute approximate surface area is 129 Å². The molecule has 1 aliphatic heterocycles. The van der Waals surface area contributed by atoms with Gasteiger partial charge in [-0.1, -0.05) is 11.6 Å². The Morgan fingerprint density at radius 2 is 1.95 bits per heavy atom. The number of rotatable bonds is 1. The predicted molar refractivity (Wildman–Crippen MR) is 77.5 cm³/mol. The van der Waals surface area contributed by atoms with Crippen molar-refractivity contribution in [3.05, 3.63) is 38.6 Å². The summed E-state index contributed by atoms with van der Waals surface area (Å²) in [6.45, 7) is 0.0201. The van der Waals surface area contributed by atoms with E-state index in [1.807, 2.05) is 6.07 Å². The van der Waals surface area contributed by atoms with Gasteiger partial charge in [0.05, 0.1) is 5.02 Å². The van der Waals surface area contributed by atoms with Crippen LogP contribution in [0.2, 0.25) is 5.02 Å². The van der Waals surface area contributed by atoms with Crippen LogP contribution < -0.4 is 20.8 Å². The Morgan fingerprint density at radius 1 is 1.23 bits per heavy atom. The number of nitrogens with zero attached hydrogens (tertiary/aromatic N) is 2. The molecule has 0 spiro atoms. The lowest BCUT2D eigenvalue weighted by atomic mass is 9.96. The van der Waals surface area contributed by atoms with Crippen LogP contribution in [0.3, 0.4) is 0 Å². The third-order valence-corrected chi connectivity index (χ3v) is 3.46. The van der Waals surface area contributed by atoms with Crippen molar-refractivity contribution in [3.63, 3.8) is 0 Å². The lowest BCUT2D eigenvalue weighted by Gasteiger charge is -2.10. The van der Waals surface area contributed by atoms with Crippen molar-refractivity contribution in [1.29, 1.82) is 10.5 Å². The molecule has 0 aliphatic carbocycles. The molecule has 1 aliphatic rings. The van der Waals surface area contributed by atoms with Crippen LogP contribution in [-0.4, -0.2) is 11.8 Å². The van der Waals surface area contributed by atoms with E-state index in [4.69, 9.17) is 26.8 Å². The van der Waals surface area contributed by atoms with Crippen LogP contribution in [-0.2, 0) is 0 Å². The molecule has 0 radical (unpaired) electrons. The number of nitriles is 2. The zero-order chi connectivity index (χ0) is 15.9. The molecule has 2 aromatic rings. The van der Waals surface area contributed by atoms with E-state index in [0.717, 1.165) is 0 Å². The van der Waals surface area contributed by atoms with Gasteiger partial charge in [0.1, 0.15) is 29.1 Å². The second-order valence-electron chi connectivity index (χ2n) is 4.41. The number of pyridine rings is 1. The van der Waals surface area contributed by atoms with Gasteiger partial charge in [-0.2, -0.15) is 10.5 Å². The molecule has 8 heteroatoms. The molecule has 0 atom stereocenters. The molecule has 108 valence electrons. The lowest BCUT2D eigenvalue weighted by molar-refractivity contribution is 0.174. The standard InChI is InChI=1S/C14H7ClN4O3/c15-9-1-6(2-10-12(9)22-5-21-10)11-7(3-16)13(18)19-14(20)8(11)4-17/h1-2H,5H2,(H3,18,19,20). The summed E-state index contributed by atoms with van der Waals surface area (Å²) in [6, 6.07) is 6.71. The fourth-order valence-corrected chi connectivity index (χ4v) is 2.51. The van der Waals surface area contributed by atoms with E-state index in [9.17, 15) is 15.3 Å². The highest BCUT2D eigenvalue weighted by atomic mass is 35.5. The highest BCUT2D eigenvalue weighted by Crippen LogP contribution is 2.43. The van der Waals surface area contributed by atoms with Crippen molar-refractivity contribution in [2.45, 2.75) is 0 Å². The molecule has 0 fully saturated rings. The van der Waals surface area contributed by atoms with E-state index < -0.39 is 5.56 Å². The minimum Gasteiger partial charge on any atom is -0.454 e. The van der Waals surface area contributed by atoms with Gasteiger partial charge in [-0.15, -0.1) is 0 Å². The summed E-state index contributed by atoms with van der Waals surface area (Å²) >= 11 is 6.11. The molecule has 0 amide bonds. The van der Waals surface area contributed by atoms with E-state index in [2.05, 4.69) is 4.98 Å². The number of aromatic nitrogens is 1. The Balaban J connectivity index is 2.39. The van der Waals surface area contributed by atoms with Crippen LogP contribution in [0.4, 0.5) is 5.82 Å². The molecule has 2 heterocycles. The van der Waals surface area contributed by atoms with E-state index in [1.165, 1.54) is 6.07 Å². The quantitative estimate of drug-likeness (QED) is 0.826. The summed E-state index contributed by atoms with van der Waals surface area (Å²) in [5, 5.41) is 18.8. The van der Waals surface area contributed by atoms with E-state index in [0.29, 0.717) is 17.1 Å². The number of ether oxygens (including phenoxy) is 2. The summed E-state index contributed by atoms with van der Waals surface area (Å²) in [4.78, 5) is 14.2. The number of nitrogens with one attached hydrogen (secondary N) is 1. The van der Waals surface area contributed by atoms with E-state index >= 15 is 0 Å². The van der Waals surface area contributed by atoms with Crippen LogP contribution in [0, 0.1) is 22.7 Å². The fourth-order valence-electron chi connectivity index (χ4n) is 2.24. The number of nitrogens with two attached hydrogens (primary N) is 1. The molecular formula is C14H7ClN4O3. The maximum atomic E-state index is 11.9. The SMILES string of the molecule is N#Cc1c(N)[nH]c(=O)c(C#N)c1-c1cc(Cl)c2c(c1)OCO2. The second-order valence-corrected chi connectivity index (χ2v) is 4.82. The molecule has 0 unspecified atom stereocenters. The monoisotopic (exact) mass is 314 g/mol. The average Bonchev–Trinajstić information content (AvgIpc) is 2.95. The first-order valence-electron chi connectivity index (χ1n) is 6.02. The number of hydrogen-bond acceptors (Lipinski definition) is 6. The van der Waals surface area contributed by atoms with Crippen molar-refractivity contribution in [3.8, 4) is 34.8 Å². The number of H-pyrrole nitrogens is 1. The maximum Gasteiger partial charge on any atom is 0.268 e. The molecule has 0 saturated heterocycles. The van der Waals surface area contributed by atoms with Crippen LogP contribution >= 0.6 is 11.6 Å². The van der Waals surface area contributed by atoms with Gasteiger partial charge < -0.3 is 20.2 Å². The van der Waals surface area contributed by atoms with Crippen molar-refractivity contribution in [1.82, 2.24) is 4.98 Å². The molecule has 0 bridgehead atoms. The van der Waals surface area contributed by atoms with Crippen molar-refractivity contribution in [2.24, 2.45) is 0 Å². The number of anilines is 1. The number of benzene rings is 1. The Hall–Kier alpha value is -3.16. The van der Waals surface area contributed by atoms with E-state index in [1.54, 1.807) is 12.1 Å². The largest absolute Gasteiger partial charge is 0.454 e. The molecule has 1 aromatic heterocycles. The van der Waals surface area contributed by atoms with Gasteiger partial charge >= 0.3 is 0 Å². The molecular weight excluding hydrogens is 308 g/mol. The highest BCUT2D eigenvalue weighted by molar-refractivity contribution is 6.32. The zero-order valence-electron chi connectivity index (χ0n) is 10.9. The van der Waals surface area contributed by atoms with Gasteiger partial charge in [-0.3, -0.25) is 4.79 Å².